The summed E-state index contributed by atoms with van der Waals surface area (Å²) < 4.78 is 0. The smallest absolute Gasteiger partial charge is 0.337 e. The van der Waals surface area contributed by atoms with Crippen molar-refractivity contribution in [3.8, 4) is 0 Å². The van der Waals surface area contributed by atoms with Crippen LogP contribution >= 0.6 is 0 Å². The predicted octanol–water partition coefficient (Wildman–Crippen LogP) is 6.39. The number of aromatic nitrogens is 1. The molecule has 1 aromatic heterocycles. The van der Waals surface area contributed by atoms with Crippen LogP contribution in [0.5, 0.6) is 0 Å². The summed E-state index contributed by atoms with van der Waals surface area (Å²) in [6.07, 6.45) is 10.3. The first-order chi connectivity index (χ1) is 13.7. The summed E-state index contributed by atoms with van der Waals surface area (Å²) in [5, 5.41) is 9.06. The van der Waals surface area contributed by atoms with Crippen LogP contribution in [0.1, 0.15) is 86.1 Å². The Bertz CT molecular complexity index is 1020. The van der Waals surface area contributed by atoms with Crippen molar-refractivity contribution in [2.75, 3.05) is 0 Å². The minimum Gasteiger partial charge on any atom is -0.478 e. The van der Waals surface area contributed by atoms with E-state index in [1.54, 1.807) is 12.1 Å². The quantitative estimate of drug-likeness (QED) is 0.664. The third-order valence-electron chi connectivity index (χ3n) is 6.63. The van der Waals surface area contributed by atoms with Gasteiger partial charge in [-0.25, -0.2) is 4.79 Å². The number of rotatable bonds is 3. The van der Waals surface area contributed by atoms with Gasteiger partial charge in [0.05, 0.1) is 11.3 Å². The lowest BCUT2D eigenvalue weighted by Gasteiger charge is -2.42. The lowest BCUT2D eigenvalue weighted by molar-refractivity contribution is 0.0696. The number of aromatic carboxylic acids is 1. The van der Waals surface area contributed by atoms with Gasteiger partial charge in [-0.1, -0.05) is 52.0 Å². The van der Waals surface area contributed by atoms with Crippen molar-refractivity contribution < 1.29 is 9.90 Å². The maximum atomic E-state index is 11.0. The van der Waals surface area contributed by atoms with E-state index in [9.17, 15) is 4.79 Å². The lowest BCUT2D eigenvalue weighted by Crippen LogP contribution is -2.33. The van der Waals surface area contributed by atoms with E-state index in [0.717, 1.165) is 18.5 Å². The third kappa shape index (κ3) is 3.66. The normalized spacial score (nSPS) is 21.0. The minimum absolute atomic E-state index is 0.193. The molecule has 0 saturated carbocycles. The van der Waals surface area contributed by atoms with Crippen LogP contribution < -0.4 is 0 Å². The Hall–Kier alpha value is -2.68. The van der Waals surface area contributed by atoms with Crippen molar-refractivity contribution in [2.45, 2.75) is 64.2 Å². The molecule has 0 fully saturated rings. The first-order valence-corrected chi connectivity index (χ1v) is 10.4. The summed E-state index contributed by atoms with van der Waals surface area (Å²) in [4.78, 5) is 15.4. The van der Waals surface area contributed by atoms with E-state index in [-0.39, 0.29) is 16.4 Å². The number of pyridine rings is 1. The molecule has 0 saturated heterocycles. The fraction of sp³-hybridized carbons (Fsp3) is 0.385. The van der Waals surface area contributed by atoms with Crippen LogP contribution in [-0.2, 0) is 10.8 Å². The highest BCUT2D eigenvalue weighted by atomic mass is 16.4. The van der Waals surface area contributed by atoms with Gasteiger partial charge in [0.25, 0.3) is 0 Å². The molecule has 2 aliphatic rings. The zero-order valence-corrected chi connectivity index (χ0v) is 17.7. The topological polar surface area (TPSA) is 50.2 Å². The fourth-order valence-corrected chi connectivity index (χ4v) is 4.64. The molecule has 0 spiro atoms. The molecule has 2 aromatic rings. The number of fused-ring (bicyclic) bond motifs is 1. The molecule has 3 nitrogen and oxygen atoms in total. The van der Waals surface area contributed by atoms with E-state index in [4.69, 9.17) is 5.11 Å². The van der Waals surface area contributed by atoms with Gasteiger partial charge in [0.2, 0.25) is 0 Å². The van der Waals surface area contributed by atoms with E-state index in [1.807, 2.05) is 0 Å². The van der Waals surface area contributed by atoms with E-state index < -0.39 is 5.97 Å². The van der Waals surface area contributed by atoms with Crippen molar-refractivity contribution >= 4 is 17.6 Å². The number of carboxylic acid groups (broad SMARTS) is 1. The molecule has 0 bridgehead atoms. The zero-order valence-electron chi connectivity index (χ0n) is 17.7. The van der Waals surface area contributed by atoms with Gasteiger partial charge < -0.3 is 5.11 Å². The molecule has 1 heterocycles. The highest BCUT2D eigenvalue weighted by Gasteiger charge is 2.37. The maximum absolute atomic E-state index is 11.0. The second kappa shape index (κ2) is 6.98. The molecule has 4 rings (SSSR count). The number of hydrogen-bond acceptors (Lipinski definition) is 2. The van der Waals surface area contributed by atoms with Gasteiger partial charge in [-0.15, -0.1) is 0 Å². The number of carbonyl (C=O) groups is 1. The Morgan fingerprint density at radius 3 is 2.41 bits per heavy atom. The van der Waals surface area contributed by atoms with Crippen molar-refractivity contribution in [1.82, 2.24) is 4.98 Å². The molecular formula is C26H29NO2. The summed E-state index contributed by atoms with van der Waals surface area (Å²) in [5.41, 5.74) is 8.23. The highest BCUT2D eigenvalue weighted by Crippen LogP contribution is 2.47. The molecular weight excluding hydrogens is 358 g/mol. The number of allylic oxidation sites excluding steroid dienone is 3. The van der Waals surface area contributed by atoms with Gasteiger partial charge in [0, 0.05) is 6.20 Å². The first kappa shape index (κ1) is 19.6. The highest BCUT2D eigenvalue weighted by molar-refractivity contribution is 5.88. The summed E-state index contributed by atoms with van der Waals surface area (Å²) in [6, 6.07) is 10.4. The Morgan fingerprint density at radius 1 is 1.03 bits per heavy atom. The molecule has 2 aliphatic carbocycles. The van der Waals surface area contributed by atoms with Crippen molar-refractivity contribution in [1.29, 1.82) is 0 Å². The van der Waals surface area contributed by atoms with Crippen LogP contribution in [0.15, 0.2) is 48.2 Å². The predicted molar refractivity (Wildman–Crippen MR) is 118 cm³/mol. The molecule has 0 aliphatic heterocycles. The fourth-order valence-electron chi connectivity index (χ4n) is 4.64. The summed E-state index contributed by atoms with van der Waals surface area (Å²) >= 11 is 0. The molecule has 1 N–H and O–H groups in total. The minimum atomic E-state index is -0.947. The number of benzene rings is 1. The van der Waals surface area contributed by atoms with Crippen LogP contribution in [0, 0.1) is 0 Å². The van der Waals surface area contributed by atoms with Crippen LogP contribution in [0.3, 0.4) is 0 Å². The average molecular weight is 388 g/mol. The van der Waals surface area contributed by atoms with Crippen molar-refractivity contribution in [2.24, 2.45) is 0 Å². The average Bonchev–Trinajstić information content (AvgIpc) is 3.14. The molecule has 0 radical (unpaired) electrons. The monoisotopic (exact) mass is 387 g/mol. The number of hydrogen-bond donors (Lipinski definition) is 1. The summed E-state index contributed by atoms with van der Waals surface area (Å²) in [7, 11) is 0. The molecule has 0 amide bonds. The van der Waals surface area contributed by atoms with Gasteiger partial charge >= 0.3 is 5.97 Å². The van der Waals surface area contributed by atoms with Gasteiger partial charge in [-0.2, -0.15) is 0 Å². The summed E-state index contributed by atoms with van der Waals surface area (Å²) in [5.74, 6) is -0.947. The second-order valence-corrected chi connectivity index (χ2v) is 9.63. The van der Waals surface area contributed by atoms with E-state index in [1.165, 1.54) is 46.9 Å². The number of nitrogens with zero attached hydrogens (tertiary/aromatic N) is 1. The largest absolute Gasteiger partial charge is 0.478 e. The van der Waals surface area contributed by atoms with Gasteiger partial charge in [-0.3, -0.25) is 4.98 Å². The Balaban J connectivity index is 1.70. The van der Waals surface area contributed by atoms with Crippen LogP contribution in [-0.4, -0.2) is 16.1 Å². The van der Waals surface area contributed by atoms with Crippen molar-refractivity contribution in [3.63, 3.8) is 0 Å². The SMILES string of the molecule is CC1(C)CCC(C)(C)c2cc(C3=CCC/C3=C\c3ccc(C(=O)O)cn3)ccc21. The molecule has 0 atom stereocenters. The molecule has 29 heavy (non-hydrogen) atoms. The van der Waals surface area contributed by atoms with Crippen molar-refractivity contribution in [3.05, 3.63) is 76.1 Å². The van der Waals surface area contributed by atoms with E-state index in [0.29, 0.717) is 0 Å². The molecule has 150 valence electrons. The summed E-state index contributed by atoms with van der Waals surface area (Å²) in [6.45, 7) is 9.43. The Morgan fingerprint density at radius 2 is 1.76 bits per heavy atom. The van der Waals surface area contributed by atoms with Crippen LogP contribution in [0.4, 0.5) is 0 Å². The van der Waals surface area contributed by atoms with Gasteiger partial charge in [0.15, 0.2) is 0 Å². The Labute approximate surface area is 173 Å². The van der Waals surface area contributed by atoms with E-state index in [2.05, 4.69) is 63.0 Å². The molecule has 3 heteroatoms. The molecule has 1 aromatic carbocycles. The van der Waals surface area contributed by atoms with Gasteiger partial charge in [0.1, 0.15) is 0 Å². The van der Waals surface area contributed by atoms with E-state index >= 15 is 0 Å². The number of carboxylic acids is 1. The van der Waals surface area contributed by atoms with Crippen LogP contribution in [0.25, 0.3) is 11.6 Å². The third-order valence-corrected chi connectivity index (χ3v) is 6.63. The Kier molecular flexibility index (Phi) is 4.72. The zero-order chi connectivity index (χ0) is 20.8. The first-order valence-electron chi connectivity index (χ1n) is 10.4. The van der Waals surface area contributed by atoms with Crippen LogP contribution in [0.2, 0.25) is 0 Å². The molecule has 0 unspecified atom stereocenters. The maximum Gasteiger partial charge on any atom is 0.337 e. The van der Waals surface area contributed by atoms with Gasteiger partial charge in [-0.05, 0) is 82.6 Å². The standard InChI is InChI=1S/C26H29NO2/c1-25(2)12-13-26(3,4)23-15-18(9-11-22(23)25)21-7-5-6-17(21)14-20-10-8-19(16-27-20)24(28)29/h7-11,14-16H,5-6,12-13H2,1-4H3,(H,28,29)/b17-14+. The lowest BCUT2D eigenvalue weighted by atomic mass is 9.63. The second-order valence-electron chi connectivity index (χ2n) is 9.63.